The number of rotatable bonds is 3. The van der Waals surface area contributed by atoms with Crippen LogP contribution in [0.15, 0.2) is 18.2 Å². The topological polar surface area (TPSA) is 17.1 Å². The normalized spacial score (nSPS) is 17.1. The molecule has 1 saturated heterocycles. The summed E-state index contributed by atoms with van der Waals surface area (Å²) in [6.45, 7) is 2.07. The van der Waals surface area contributed by atoms with Gasteiger partial charge in [-0.15, -0.1) is 0 Å². The second kappa shape index (κ2) is 6.23. The van der Waals surface area contributed by atoms with Crippen LogP contribution < -0.4 is 0 Å². The monoisotopic (exact) mass is 360 g/mol. The van der Waals surface area contributed by atoms with Crippen LogP contribution in [0.4, 0.5) is 0 Å². The quantitative estimate of drug-likeness (QED) is 0.590. The summed E-state index contributed by atoms with van der Waals surface area (Å²) in [5.74, 6) is 3.39. The molecule has 92 valence electrons. The Bertz CT molecular complexity index is 411. The number of carbonyl (C=O) groups excluding carboxylic acids is 1. The first kappa shape index (κ1) is 13.4. The number of aryl methyl sites for hydroxylation is 1. The van der Waals surface area contributed by atoms with E-state index in [9.17, 15) is 4.79 Å². The Labute approximate surface area is 121 Å². The predicted molar refractivity (Wildman–Crippen MR) is 82.9 cm³/mol. The molecule has 1 aromatic carbocycles. The molecule has 1 aromatic rings. The highest BCUT2D eigenvalue weighted by Gasteiger charge is 2.19. The van der Waals surface area contributed by atoms with E-state index in [1.54, 1.807) is 0 Å². The van der Waals surface area contributed by atoms with Gasteiger partial charge in [-0.2, -0.15) is 11.8 Å². The van der Waals surface area contributed by atoms with Gasteiger partial charge in [0.15, 0.2) is 5.78 Å². The number of benzene rings is 1. The van der Waals surface area contributed by atoms with Gasteiger partial charge in [-0.1, -0.05) is 18.2 Å². The molecular weight excluding hydrogens is 343 g/mol. The Morgan fingerprint density at radius 1 is 1.41 bits per heavy atom. The Kier molecular flexibility index (Phi) is 4.91. The molecule has 0 amide bonds. The Morgan fingerprint density at radius 2 is 2.12 bits per heavy atom. The van der Waals surface area contributed by atoms with E-state index in [2.05, 4.69) is 35.6 Å². The molecule has 0 unspecified atom stereocenters. The van der Waals surface area contributed by atoms with Crippen LogP contribution in [0.3, 0.4) is 0 Å². The van der Waals surface area contributed by atoms with Gasteiger partial charge in [0.2, 0.25) is 0 Å². The highest BCUT2D eigenvalue weighted by Crippen LogP contribution is 2.27. The van der Waals surface area contributed by atoms with E-state index in [1.165, 1.54) is 29.9 Å². The first-order valence-corrected chi connectivity index (χ1v) is 8.28. The number of Topliss-reactive ketones (excluding diaryl/α,β-unsaturated/α-hetero) is 1. The molecule has 1 heterocycles. The summed E-state index contributed by atoms with van der Waals surface area (Å²) in [5.41, 5.74) is 2.12. The van der Waals surface area contributed by atoms with Crippen molar-refractivity contribution in [1.82, 2.24) is 0 Å². The zero-order valence-corrected chi connectivity index (χ0v) is 13.0. The highest BCUT2D eigenvalue weighted by atomic mass is 127. The van der Waals surface area contributed by atoms with Crippen LogP contribution >= 0.6 is 34.4 Å². The van der Waals surface area contributed by atoms with E-state index in [0.717, 1.165) is 15.6 Å². The van der Waals surface area contributed by atoms with Crippen LogP contribution in [0.2, 0.25) is 0 Å². The first-order chi connectivity index (χ1) is 8.18. The number of carbonyl (C=O) groups is 1. The third-order valence-corrected chi connectivity index (χ3v) is 5.79. The van der Waals surface area contributed by atoms with Crippen molar-refractivity contribution in [1.29, 1.82) is 0 Å². The average Bonchev–Trinajstić information content (AvgIpc) is 2.34. The fraction of sp³-hybridized carbons (Fsp3) is 0.500. The molecule has 1 fully saturated rings. The fourth-order valence-electron chi connectivity index (χ4n) is 2.19. The summed E-state index contributed by atoms with van der Waals surface area (Å²) in [5, 5.41) is 0. The molecule has 0 saturated carbocycles. The van der Waals surface area contributed by atoms with Crippen molar-refractivity contribution in [3.05, 3.63) is 32.9 Å². The lowest BCUT2D eigenvalue weighted by Crippen LogP contribution is -2.15. The molecule has 0 aromatic heterocycles. The van der Waals surface area contributed by atoms with Crippen molar-refractivity contribution in [2.75, 3.05) is 11.5 Å². The summed E-state index contributed by atoms with van der Waals surface area (Å²) in [7, 11) is 0. The van der Waals surface area contributed by atoms with Crippen LogP contribution in [0.25, 0.3) is 0 Å². The van der Waals surface area contributed by atoms with E-state index < -0.39 is 0 Å². The Hall–Kier alpha value is -0.0300. The molecule has 0 spiro atoms. The smallest absolute Gasteiger partial charge is 0.164 e. The molecular formula is C14H17IOS. The molecule has 0 N–H and O–H groups in total. The van der Waals surface area contributed by atoms with Gasteiger partial charge in [-0.05, 0) is 65.3 Å². The number of halogens is 1. The van der Waals surface area contributed by atoms with Gasteiger partial charge in [-0.3, -0.25) is 4.79 Å². The standard InChI is InChI=1S/C14H17IOS/c1-10-3-2-4-12(14(10)15)13(16)9-11-5-7-17-8-6-11/h2-4,11H,5-9H2,1H3. The van der Waals surface area contributed by atoms with Crippen LogP contribution in [0.5, 0.6) is 0 Å². The second-order valence-corrected chi connectivity index (χ2v) is 6.92. The van der Waals surface area contributed by atoms with E-state index in [-0.39, 0.29) is 0 Å². The lowest BCUT2D eigenvalue weighted by Gasteiger charge is -2.20. The maximum absolute atomic E-state index is 12.3. The summed E-state index contributed by atoms with van der Waals surface area (Å²) in [6.07, 6.45) is 3.15. The Balaban J connectivity index is 2.06. The van der Waals surface area contributed by atoms with Gasteiger partial charge >= 0.3 is 0 Å². The van der Waals surface area contributed by atoms with Crippen LogP contribution in [0, 0.1) is 16.4 Å². The molecule has 1 aliphatic heterocycles. The minimum atomic E-state index is 0.329. The molecule has 3 heteroatoms. The number of hydrogen-bond donors (Lipinski definition) is 0. The predicted octanol–water partition coefficient (Wildman–Crippen LogP) is 4.32. The summed E-state index contributed by atoms with van der Waals surface area (Å²) >= 11 is 4.30. The van der Waals surface area contributed by atoms with E-state index in [4.69, 9.17) is 0 Å². The van der Waals surface area contributed by atoms with Crippen molar-refractivity contribution < 1.29 is 4.79 Å². The third kappa shape index (κ3) is 3.47. The third-order valence-electron chi connectivity index (χ3n) is 3.31. The van der Waals surface area contributed by atoms with Crippen LogP contribution in [0.1, 0.15) is 35.2 Å². The van der Waals surface area contributed by atoms with Gasteiger partial charge in [0.25, 0.3) is 0 Å². The summed E-state index contributed by atoms with van der Waals surface area (Å²) in [6, 6.07) is 6.02. The molecule has 1 nitrogen and oxygen atoms in total. The van der Waals surface area contributed by atoms with Crippen molar-refractivity contribution in [2.24, 2.45) is 5.92 Å². The zero-order chi connectivity index (χ0) is 12.3. The number of hydrogen-bond acceptors (Lipinski definition) is 2. The average molecular weight is 360 g/mol. The van der Waals surface area contributed by atoms with E-state index in [1.807, 2.05) is 23.9 Å². The molecule has 0 aliphatic carbocycles. The lowest BCUT2D eigenvalue weighted by atomic mass is 9.93. The van der Waals surface area contributed by atoms with E-state index >= 15 is 0 Å². The number of thioether (sulfide) groups is 1. The highest BCUT2D eigenvalue weighted by molar-refractivity contribution is 14.1. The summed E-state index contributed by atoms with van der Waals surface area (Å²) < 4.78 is 1.13. The van der Waals surface area contributed by atoms with Gasteiger partial charge in [0.05, 0.1) is 0 Å². The fourth-order valence-corrected chi connectivity index (χ4v) is 4.05. The molecule has 0 radical (unpaired) electrons. The minimum Gasteiger partial charge on any atom is -0.294 e. The van der Waals surface area contributed by atoms with Crippen molar-refractivity contribution in [3.63, 3.8) is 0 Å². The van der Waals surface area contributed by atoms with Gasteiger partial charge in [0.1, 0.15) is 0 Å². The van der Waals surface area contributed by atoms with Crippen molar-refractivity contribution in [3.8, 4) is 0 Å². The molecule has 2 rings (SSSR count). The molecule has 0 bridgehead atoms. The molecule has 0 atom stereocenters. The zero-order valence-electron chi connectivity index (χ0n) is 10.0. The van der Waals surface area contributed by atoms with Crippen molar-refractivity contribution >= 4 is 40.1 Å². The first-order valence-electron chi connectivity index (χ1n) is 6.04. The van der Waals surface area contributed by atoms with Gasteiger partial charge in [-0.25, -0.2) is 0 Å². The largest absolute Gasteiger partial charge is 0.294 e. The van der Waals surface area contributed by atoms with Gasteiger partial charge < -0.3 is 0 Å². The molecule has 1 aliphatic rings. The lowest BCUT2D eigenvalue weighted by molar-refractivity contribution is 0.0957. The maximum atomic E-state index is 12.3. The SMILES string of the molecule is Cc1cccc(C(=O)CC2CCSCC2)c1I. The van der Waals surface area contributed by atoms with E-state index in [0.29, 0.717) is 11.7 Å². The van der Waals surface area contributed by atoms with Crippen LogP contribution in [-0.2, 0) is 0 Å². The van der Waals surface area contributed by atoms with Crippen LogP contribution in [-0.4, -0.2) is 17.3 Å². The molecule has 17 heavy (non-hydrogen) atoms. The Morgan fingerprint density at radius 3 is 2.82 bits per heavy atom. The van der Waals surface area contributed by atoms with Gasteiger partial charge in [0, 0.05) is 15.6 Å². The second-order valence-electron chi connectivity index (χ2n) is 4.62. The van der Waals surface area contributed by atoms with Crippen molar-refractivity contribution in [2.45, 2.75) is 26.2 Å². The summed E-state index contributed by atoms with van der Waals surface area (Å²) in [4.78, 5) is 12.3. The maximum Gasteiger partial charge on any atom is 0.164 e. The number of ketones is 1. The minimum absolute atomic E-state index is 0.329.